The Balaban J connectivity index is 1.71. The van der Waals surface area contributed by atoms with Crippen molar-refractivity contribution in [2.24, 2.45) is 0 Å². The van der Waals surface area contributed by atoms with E-state index in [4.69, 9.17) is 0 Å². The fourth-order valence-corrected chi connectivity index (χ4v) is 5.28. The molecule has 0 saturated carbocycles. The van der Waals surface area contributed by atoms with Gasteiger partial charge in [0.05, 0.1) is 10.6 Å². The second-order valence-corrected chi connectivity index (χ2v) is 9.80. The van der Waals surface area contributed by atoms with Crippen LogP contribution in [0.5, 0.6) is 0 Å². The van der Waals surface area contributed by atoms with Gasteiger partial charge in [-0.3, -0.25) is 9.10 Å². The number of rotatable bonds is 5. The van der Waals surface area contributed by atoms with E-state index < -0.39 is 10.0 Å². The lowest BCUT2D eigenvalue weighted by Crippen LogP contribution is -2.45. The smallest absolute Gasteiger partial charge is 0.264 e. The van der Waals surface area contributed by atoms with Crippen LogP contribution in [0.15, 0.2) is 77.7 Å². The third-order valence-electron chi connectivity index (χ3n) is 5.62. The molecular formula is C25H26N2O3S. The average molecular weight is 435 g/mol. The number of amides is 1. The fourth-order valence-electron chi connectivity index (χ4n) is 3.86. The lowest BCUT2D eigenvalue weighted by molar-refractivity contribution is -0.117. The Morgan fingerprint density at radius 3 is 2.19 bits per heavy atom. The first-order chi connectivity index (χ1) is 14.9. The number of sulfonamides is 1. The monoisotopic (exact) mass is 434 g/mol. The van der Waals surface area contributed by atoms with Crippen LogP contribution in [-0.2, 0) is 21.2 Å². The molecule has 0 spiro atoms. The molecule has 0 atom stereocenters. The van der Waals surface area contributed by atoms with Crippen molar-refractivity contribution in [2.45, 2.75) is 31.6 Å². The highest BCUT2D eigenvalue weighted by atomic mass is 32.2. The fraction of sp³-hybridized carbons (Fsp3) is 0.240. The van der Waals surface area contributed by atoms with Crippen LogP contribution in [0.3, 0.4) is 0 Å². The third kappa shape index (κ3) is 4.35. The molecule has 1 heterocycles. The molecule has 3 aromatic rings. The topological polar surface area (TPSA) is 57.7 Å². The lowest BCUT2D eigenvalue weighted by atomic mass is 10.0. The standard InChI is InChI=1S/C25H26N2O3S/c1-19-9-13-22(14-10-19)27(31(29,30)23-15-11-20(2)12-16-23)18-25(28)26-17-5-7-21-6-3-4-8-24(21)26/h3-4,6,8-16H,5,7,17-18H2,1-2H3. The van der Waals surface area contributed by atoms with Crippen molar-refractivity contribution in [3.63, 3.8) is 0 Å². The molecule has 6 heteroatoms. The van der Waals surface area contributed by atoms with Crippen LogP contribution in [0.1, 0.15) is 23.1 Å². The van der Waals surface area contributed by atoms with E-state index in [1.54, 1.807) is 41.3 Å². The maximum absolute atomic E-state index is 13.5. The largest absolute Gasteiger partial charge is 0.311 e. The van der Waals surface area contributed by atoms with Crippen molar-refractivity contribution < 1.29 is 13.2 Å². The highest BCUT2D eigenvalue weighted by Gasteiger charge is 2.30. The molecular weight excluding hydrogens is 408 g/mol. The second-order valence-electron chi connectivity index (χ2n) is 7.94. The third-order valence-corrected chi connectivity index (χ3v) is 7.41. The van der Waals surface area contributed by atoms with Crippen molar-refractivity contribution in [1.82, 2.24) is 0 Å². The first-order valence-corrected chi connectivity index (χ1v) is 11.8. The van der Waals surface area contributed by atoms with Gasteiger partial charge in [0.1, 0.15) is 6.54 Å². The number of aryl methyl sites for hydroxylation is 3. The summed E-state index contributed by atoms with van der Waals surface area (Å²) >= 11 is 0. The number of nitrogens with zero attached hydrogens (tertiary/aromatic N) is 2. The van der Waals surface area contributed by atoms with Gasteiger partial charge in [-0.2, -0.15) is 0 Å². The van der Waals surface area contributed by atoms with E-state index >= 15 is 0 Å². The summed E-state index contributed by atoms with van der Waals surface area (Å²) in [6.07, 6.45) is 1.78. The van der Waals surface area contributed by atoms with Crippen LogP contribution < -0.4 is 9.21 Å². The van der Waals surface area contributed by atoms with Crippen LogP contribution in [0.25, 0.3) is 0 Å². The Bertz CT molecular complexity index is 1190. The maximum Gasteiger partial charge on any atom is 0.264 e. The molecule has 160 valence electrons. The van der Waals surface area contributed by atoms with Crippen LogP contribution >= 0.6 is 0 Å². The van der Waals surface area contributed by atoms with Crippen molar-refractivity contribution >= 4 is 27.3 Å². The Kier molecular flexibility index (Phi) is 5.83. The molecule has 3 aromatic carbocycles. The summed E-state index contributed by atoms with van der Waals surface area (Å²) in [7, 11) is -3.91. The van der Waals surface area contributed by atoms with E-state index in [0.717, 1.165) is 35.2 Å². The van der Waals surface area contributed by atoms with Gasteiger partial charge in [-0.05, 0) is 62.6 Å². The molecule has 1 aliphatic rings. The van der Waals surface area contributed by atoms with Crippen LogP contribution in [0.2, 0.25) is 0 Å². The van der Waals surface area contributed by atoms with E-state index in [-0.39, 0.29) is 17.3 Å². The first kappa shape index (κ1) is 21.1. The number of para-hydroxylation sites is 1. The zero-order valence-corrected chi connectivity index (χ0v) is 18.6. The van der Waals surface area contributed by atoms with Gasteiger partial charge in [-0.25, -0.2) is 8.42 Å². The molecule has 0 bridgehead atoms. The number of hydrogen-bond acceptors (Lipinski definition) is 3. The molecule has 0 unspecified atom stereocenters. The molecule has 0 saturated heterocycles. The zero-order valence-electron chi connectivity index (χ0n) is 17.8. The summed E-state index contributed by atoms with van der Waals surface area (Å²) in [5.74, 6) is -0.233. The molecule has 31 heavy (non-hydrogen) atoms. The minimum Gasteiger partial charge on any atom is -0.311 e. The van der Waals surface area contributed by atoms with E-state index in [2.05, 4.69) is 0 Å². The van der Waals surface area contributed by atoms with E-state index in [9.17, 15) is 13.2 Å². The molecule has 0 fully saturated rings. The lowest BCUT2D eigenvalue weighted by Gasteiger charge is -2.32. The van der Waals surface area contributed by atoms with Gasteiger partial charge < -0.3 is 4.90 Å². The molecule has 1 aliphatic heterocycles. The van der Waals surface area contributed by atoms with Gasteiger partial charge in [-0.15, -0.1) is 0 Å². The Hall–Kier alpha value is -3.12. The summed E-state index contributed by atoms with van der Waals surface area (Å²) in [5, 5.41) is 0. The summed E-state index contributed by atoms with van der Waals surface area (Å²) in [6.45, 7) is 4.18. The van der Waals surface area contributed by atoms with Gasteiger partial charge in [0, 0.05) is 12.2 Å². The molecule has 0 aliphatic carbocycles. The molecule has 1 amide bonds. The number of fused-ring (bicyclic) bond motifs is 1. The minimum atomic E-state index is -3.91. The zero-order chi connectivity index (χ0) is 22.0. The predicted octanol–water partition coefficient (Wildman–Crippen LogP) is 4.48. The van der Waals surface area contributed by atoms with Gasteiger partial charge in [-0.1, -0.05) is 53.6 Å². The van der Waals surface area contributed by atoms with Crippen molar-refractivity contribution in [3.8, 4) is 0 Å². The first-order valence-electron chi connectivity index (χ1n) is 10.4. The predicted molar refractivity (Wildman–Crippen MR) is 124 cm³/mol. The summed E-state index contributed by atoms with van der Waals surface area (Å²) in [6, 6.07) is 21.7. The van der Waals surface area contributed by atoms with Gasteiger partial charge in [0.25, 0.3) is 10.0 Å². The highest BCUT2D eigenvalue weighted by Crippen LogP contribution is 2.29. The molecule has 0 N–H and O–H groups in total. The van der Waals surface area contributed by atoms with E-state index in [1.165, 1.54) is 4.31 Å². The van der Waals surface area contributed by atoms with Gasteiger partial charge in [0.15, 0.2) is 0 Å². The molecule has 0 radical (unpaired) electrons. The Morgan fingerprint density at radius 1 is 0.903 bits per heavy atom. The normalized spacial score (nSPS) is 13.5. The highest BCUT2D eigenvalue weighted by molar-refractivity contribution is 7.92. The number of carbonyl (C=O) groups excluding carboxylic acids is 1. The summed E-state index contributed by atoms with van der Waals surface area (Å²) in [5.41, 5.74) is 4.46. The Labute approximate surface area is 184 Å². The number of anilines is 2. The van der Waals surface area contributed by atoms with Crippen molar-refractivity contribution in [2.75, 3.05) is 22.3 Å². The quantitative estimate of drug-likeness (QED) is 0.595. The van der Waals surface area contributed by atoms with E-state index in [0.29, 0.717) is 12.2 Å². The molecule has 5 nitrogen and oxygen atoms in total. The van der Waals surface area contributed by atoms with E-state index in [1.807, 2.05) is 50.2 Å². The van der Waals surface area contributed by atoms with Crippen LogP contribution in [-0.4, -0.2) is 27.4 Å². The minimum absolute atomic E-state index is 0.172. The SMILES string of the molecule is Cc1ccc(N(CC(=O)N2CCCc3ccccc32)S(=O)(=O)c2ccc(C)cc2)cc1. The second kappa shape index (κ2) is 8.55. The molecule has 0 aromatic heterocycles. The maximum atomic E-state index is 13.5. The van der Waals surface area contributed by atoms with Crippen molar-refractivity contribution in [1.29, 1.82) is 0 Å². The summed E-state index contributed by atoms with van der Waals surface area (Å²) in [4.78, 5) is 15.2. The number of carbonyl (C=O) groups is 1. The van der Waals surface area contributed by atoms with Crippen LogP contribution in [0, 0.1) is 13.8 Å². The number of hydrogen-bond donors (Lipinski definition) is 0. The average Bonchev–Trinajstić information content (AvgIpc) is 2.78. The van der Waals surface area contributed by atoms with Gasteiger partial charge in [0.2, 0.25) is 5.91 Å². The Morgan fingerprint density at radius 2 is 1.52 bits per heavy atom. The van der Waals surface area contributed by atoms with Crippen molar-refractivity contribution in [3.05, 3.63) is 89.5 Å². The number of benzene rings is 3. The summed E-state index contributed by atoms with van der Waals surface area (Å²) < 4.78 is 28.3. The van der Waals surface area contributed by atoms with Crippen LogP contribution in [0.4, 0.5) is 11.4 Å². The molecule has 4 rings (SSSR count). The van der Waals surface area contributed by atoms with Gasteiger partial charge >= 0.3 is 0 Å².